The molecule has 2 nitrogen and oxygen atoms in total. The van der Waals surface area contributed by atoms with Gasteiger partial charge in [-0.3, -0.25) is 0 Å². The van der Waals surface area contributed by atoms with Crippen LogP contribution < -0.4 is 4.74 Å². The van der Waals surface area contributed by atoms with E-state index in [2.05, 4.69) is 22.9 Å². The fourth-order valence-electron chi connectivity index (χ4n) is 1.25. The molecule has 84 valence electrons. The second kappa shape index (κ2) is 5.52. The number of aliphatic hydroxyl groups is 1. The first kappa shape index (κ1) is 12.5. The summed E-state index contributed by atoms with van der Waals surface area (Å²) >= 11 is 3.38. The maximum atomic E-state index is 9.61. The van der Waals surface area contributed by atoms with Gasteiger partial charge in [-0.15, -0.1) is 0 Å². The third kappa shape index (κ3) is 3.50. The molecule has 0 saturated carbocycles. The highest BCUT2D eigenvalue weighted by Gasteiger charge is 2.11. The quantitative estimate of drug-likeness (QED) is 0.906. The van der Waals surface area contributed by atoms with Crippen LogP contribution >= 0.6 is 15.9 Å². The van der Waals surface area contributed by atoms with E-state index in [1.54, 1.807) is 6.92 Å². The van der Waals surface area contributed by atoms with Crippen molar-refractivity contribution in [1.29, 1.82) is 0 Å². The molecule has 0 spiro atoms. The van der Waals surface area contributed by atoms with Crippen LogP contribution in [0.5, 0.6) is 5.75 Å². The fraction of sp³-hybridized carbons (Fsp3) is 0.500. The van der Waals surface area contributed by atoms with E-state index >= 15 is 0 Å². The molecule has 2 atom stereocenters. The summed E-state index contributed by atoms with van der Waals surface area (Å²) in [7, 11) is 0. The number of ether oxygens (including phenoxy) is 1. The van der Waals surface area contributed by atoms with Crippen LogP contribution in [0.2, 0.25) is 0 Å². The summed E-state index contributed by atoms with van der Waals surface area (Å²) < 4.78 is 6.68. The van der Waals surface area contributed by atoms with Crippen molar-refractivity contribution >= 4 is 15.9 Å². The zero-order valence-electron chi connectivity index (χ0n) is 9.33. The molecule has 3 heteroatoms. The van der Waals surface area contributed by atoms with E-state index < -0.39 is 6.10 Å². The first-order chi connectivity index (χ1) is 7.04. The lowest BCUT2D eigenvalue weighted by atomic mass is 10.1. The van der Waals surface area contributed by atoms with E-state index in [1.807, 2.05) is 25.1 Å². The number of aliphatic hydroxyl groups excluding tert-OH is 1. The summed E-state index contributed by atoms with van der Waals surface area (Å²) in [6, 6.07) is 5.70. The van der Waals surface area contributed by atoms with Gasteiger partial charge in [0.05, 0.1) is 12.2 Å². The first-order valence-corrected chi connectivity index (χ1v) is 5.98. The Morgan fingerprint density at radius 2 is 2.07 bits per heavy atom. The Hall–Kier alpha value is -0.540. The lowest BCUT2D eigenvalue weighted by molar-refractivity contribution is 0.176. The molecule has 0 saturated heterocycles. The number of hydrogen-bond acceptors (Lipinski definition) is 2. The molecule has 0 amide bonds. The van der Waals surface area contributed by atoms with Crippen LogP contribution in [0.1, 0.15) is 38.9 Å². The molecule has 15 heavy (non-hydrogen) atoms. The van der Waals surface area contributed by atoms with Gasteiger partial charge in [0, 0.05) is 10.0 Å². The van der Waals surface area contributed by atoms with E-state index in [0.717, 1.165) is 22.2 Å². The van der Waals surface area contributed by atoms with Gasteiger partial charge >= 0.3 is 0 Å². The van der Waals surface area contributed by atoms with Gasteiger partial charge in [-0.25, -0.2) is 0 Å². The molecule has 0 aliphatic heterocycles. The van der Waals surface area contributed by atoms with E-state index in [9.17, 15) is 5.11 Å². The van der Waals surface area contributed by atoms with Gasteiger partial charge < -0.3 is 9.84 Å². The minimum Gasteiger partial charge on any atom is -0.490 e. The molecule has 1 aromatic rings. The van der Waals surface area contributed by atoms with Gasteiger partial charge in [0.2, 0.25) is 0 Å². The predicted molar refractivity (Wildman–Crippen MR) is 65.2 cm³/mol. The van der Waals surface area contributed by atoms with Crippen LogP contribution in [0.25, 0.3) is 0 Å². The minimum atomic E-state index is -0.512. The van der Waals surface area contributed by atoms with Gasteiger partial charge in [-0.2, -0.15) is 0 Å². The van der Waals surface area contributed by atoms with Crippen molar-refractivity contribution in [3.63, 3.8) is 0 Å². The topological polar surface area (TPSA) is 29.5 Å². The van der Waals surface area contributed by atoms with Crippen LogP contribution in [0.3, 0.4) is 0 Å². The molecule has 0 radical (unpaired) electrons. The SMILES string of the molecule is CCC(C)Oc1ccc(Br)cc1C(C)O. The summed E-state index contributed by atoms with van der Waals surface area (Å²) in [4.78, 5) is 0. The highest BCUT2D eigenvalue weighted by Crippen LogP contribution is 2.29. The number of halogens is 1. The lowest BCUT2D eigenvalue weighted by Gasteiger charge is -2.17. The highest BCUT2D eigenvalue weighted by atomic mass is 79.9. The summed E-state index contributed by atoms with van der Waals surface area (Å²) in [6.07, 6.45) is 0.611. The molecule has 1 N–H and O–H groups in total. The van der Waals surface area contributed by atoms with Crippen LogP contribution in [-0.2, 0) is 0 Å². The van der Waals surface area contributed by atoms with Gasteiger partial charge in [0.15, 0.2) is 0 Å². The summed E-state index contributed by atoms with van der Waals surface area (Å²) in [5.41, 5.74) is 0.824. The zero-order valence-corrected chi connectivity index (χ0v) is 10.9. The second-order valence-corrected chi connectivity index (χ2v) is 4.61. The van der Waals surface area contributed by atoms with Crippen LogP contribution in [-0.4, -0.2) is 11.2 Å². The molecular formula is C12H17BrO2. The Balaban J connectivity index is 2.95. The van der Waals surface area contributed by atoms with E-state index in [-0.39, 0.29) is 6.10 Å². The average molecular weight is 273 g/mol. The van der Waals surface area contributed by atoms with Crippen LogP contribution in [0.4, 0.5) is 0 Å². The largest absolute Gasteiger partial charge is 0.490 e. The lowest BCUT2D eigenvalue weighted by Crippen LogP contribution is -2.11. The molecule has 0 aliphatic rings. The number of rotatable bonds is 4. The van der Waals surface area contributed by atoms with Crippen molar-refractivity contribution in [2.24, 2.45) is 0 Å². The summed E-state index contributed by atoms with van der Waals surface area (Å²) in [5, 5.41) is 9.61. The van der Waals surface area contributed by atoms with Crippen molar-refractivity contribution in [3.8, 4) is 5.75 Å². The van der Waals surface area contributed by atoms with E-state index in [4.69, 9.17) is 4.74 Å². The molecule has 0 heterocycles. The Kier molecular flexibility index (Phi) is 4.61. The Morgan fingerprint density at radius 1 is 1.40 bits per heavy atom. The van der Waals surface area contributed by atoms with Crippen molar-refractivity contribution < 1.29 is 9.84 Å². The van der Waals surface area contributed by atoms with Gasteiger partial charge in [-0.1, -0.05) is 22.9 Å². The first-order valence-electron chi connectivity index (χ1n) is 5.18. The normalized spacial score (nSPS) is 14.7. The minimum absolute atomic E-state index is 0.170. The van der Waals surface area contributed by atoms with Gasteiger partial charge in [0.25, 0.3) is 0 Å². The number of benzene rings is 1. The molecule has 0 bridgehead atoms. The van der Waals surface area contributed by atoms with E-state index in [1.165, 1.54) is 0 Å². The van der Waals surface area contributed by atoms with Gasteiger partial charge in [0.1, 0.15) is 5.75 Å². The Labute approximate surface area is 99.4 Å². The molecule has 0 aromatic heterocycles. The smallest absolute Gasteiger partial charge is 0.125 e. The third-order valence-electron chi connectivity index (χ3n) is 2.32. The predicted octanol–water partition coefficient (Wildman–Crippen LogP) is 3.68. The van der Waals surface area contributed by atoms with Gasteiger partial charge in [-0.05, 0) is 38.5 Å². The van der Waals surface area contributed by atoms with Crippen LogP contribution in [0, 0.1) is 0 Å². The highest BCUT2D eigenvalue weighted by molar-refractivity contribution is 9.10. The Morgan fingerprint density at radius 3 is 2.60 bits per heavy atom. The zero-order chi connectivity index (χ0) is 11.4. The van der Waals surface area contributed by atoms with Crippen molar-refractivity contribution in [2.75, 3.05) is 0 Å². The molecule has 0 fully saturated rings. The monoisotopic (exact) mass is 272 g/mol. The standard InChI is InChI=1S/C12H17BrO2/c1-4-8(2)15-12-6-5-10(13)7-11(12)9(3)14/h5-9,14H,4H2,1-3H3. The van der Waals surface area contributed by atoms with Crippen molar-refractivity contribution in [1.82, 2.24) is 0 Å². The molecule has 1 rings (SSSR count). The summed E-state index contributed by atoms with van der Waals surface area (Å²) in [5.74, 6) is 0.766. The van der Waals surface area contributed by atoms with Crippen molar-refractivity contribution in [3.05, 3.63) is 28.2 Å². The fourth-order valence-corrected chi connectivity index (χ4v) is 1.63. The second-order valence-electron chi connectivity index (χ2n) is 3.69. The maximum Gasteiger partial charge on any atom is 0.125 e. The molecule has 0 aliphatic carbocycles. The number of hydrogen-bond donors (Lipinski definition) is 1. The third-order valence-corrected chi connectivity index (χ3v) is 2.82. The average Bonchev–Trinajstić information content (AvgIpc) is 2.20. The van der Waals surface area contributed by atoms with Crippen LogP contribution in [0.15, 0.2) is 22.7 Å². The molecule has 2 unspecified atom stereocenters. The summed E-state index contributed by atoms with van der Waals surface area (Å²) in [6.45, 7) is 5.84. The molecular weight excluding hydrogens is 256 g/mol. The maximum absolute atomic E-state index is 9.61. The Bertz CT molecular complexity index is 323. The van der Waals surface area contributed by atoms with Crippen molar-refractivity contribution in [2.45, 2.75) is 39.4 Å². The van der Waals surface area contributed by atoms with E-state index in [0.29, 0.717) is 0 Å². The molecule has 1 aromatic carbocycles.